The van der Waals surface area contributed by atoms with Gasteiger partial charge in [0.25, 0.3) is 0 Å². The molecular weight excluding hydrogens is 363 g/mol. The normalized spacial score (nSPS) is 27.4. The summed E-state index contributed by atoms with van der Waals surface area (Å²) in [5.41, 5.74) is 2.32. The highest BCUT2D eigenvalue weighted by Gasteiger charge is 2.47. The zero-order valence-corrected chi connectivity index (χ0v) is 15.9. The van der Waals surface area contributed by atoms with Crippen LogP contribution in [0.15, 0.2) is 42.5 Å². The van der Waals surface area contributed by atoms with E-state index in [2.05, 4.69) is 18.2 Å². The lowest BCUT2D eigenvalue weighted by Crippen LogP contribution is -2.43. The van der Waals surface area contributed by atoms with Crippen LogP contribution >= 0.6 is 11.3 Å². The first-order valence-corrected chi connectivity index (χ1v) is 10.1. The Morgan fingerprint density at radius 3 is 2.93 bits per heavy atom. The summed E-state index contributed by atoms with van der Waals surface area (Å²) >= 11 is 1.69. The first kappa shape index (κ1) is 17.3. The Morgan fingerprint density at radius 1 is 1.26 bits per heavy atom. The molecule has 3 aromatic rings. The summed E-state index contributed by atoms with van der Waals surface area (Å²) in [6.07, 6.45) is 0.938. The summed E-state index contributed by atoms with van der Waals surface area (Å²) in [4.78, 5) is 1.13. The predicted octanol–water partition coefficient (Wildman–Crippen LogP) is 4.87. The van der Waals surface area contributed by atoms with Crippen LogP contribution in [0, 0.1) is 5.82 Å². The lowest BCUT2D eigenvalue weighted by atomic mass is 9.90. The quantitative estimate of drug-likeness (QED) is 0.685. The Kier molecular flexibility index (Phi) is 4.09. The topological polar surface area (TPSA) is 38.7 Å². The second-order valence-corrected chi connectivity index (χ2v) is 8.76. The lowest BCUT2D eigenvalue weighted by molar-refractivity contribution is -0.295. The Morgan fingerprint density at radius 2 is 2.11 bits per heavy atom. The van der Waals surface area contributed by atoms with E-state index in [1.54, 1.807) is 17.4 Å². The predicted molar refractivity (Wildman–Crippen MR) is 103 cm³/mol. The highest BCUT2D eigenvalue weighted by Crippen LogP contribution is 2.46. The number of thiophene rings is 1. The molecule has 0 saturated carbocycles. The molecule has 2 aliphatic rings. The minimum absolute atomic E-state index is 0.101. The van der Waals surface area contributed by atoms with Crippen LogP contribution in [0.2, 0.25) is 0 Å². The van der Waals surface area contributed by atoms with E-state index in [0.717, 1.165) is 16.0 Å². The SMILES string of the molecule is CC1CC(O)C[C@@]2(OCc3cc(F)c(Cc4cc5ccccc5s4)cc32)O1. The van der Waals surface area contributed by atoms with E-state index < -0.39 is 11.9 Å². The van der Waals surface area contributed by atoms with Crippen molar-refractivity contribution < 1.29 is 19.0 Å². The number of rotatable bonds is 2. The van der Waals surface area contributed by atoms with E-state index in [1.807, 2.05) is 25.1 Å². The summed E-state index contributed by atoms with van der Waals surface area (Å²) in [5, 5.41) is 11.4. The van der Waals surface area contributed by atoms with Crippen molar-refractivity contribution in [3.63, 3.8) is 0 Å². The third-order valence-corrected chi connectivity index (χ3v) is 6.60. The number of fused-ring (bicyclic) bond motifs is 3. The van der Waals surface area contributed by atoms with Crippen molar-refractivity contribution in [1.82, 2.24) is 0 Å². The summed E-state index contributed by atoms with van der Waals surface area (Å²) in [5.74, 6) is -1.16. The standard InChI is InChI=1S/C22H21FO3S/c1-13-6-17(24)11-22(26-13)19-9-15(20(23)10-16(19)12-25-22)8-18-7-14-4-2-3-5-21(14)27-18/h2-5,7,9-10,13,17,24H,6,8,11-12H2,1H3/t13?,17?,22-/m1/s1. The van der Waals surface area contributed by atoms with Gasteiger partial charge >= 0.3 is 0 Å². The monoisotopic (exact) mass is 384 g/mol. The summed E-state index contributed by atoms with van der Waals surface area (Å²) < 4.78 is 28.0. The molecule has 1 aromatic heterocycles. The molecule has 0 radical (unpaired) electrons. The van der Waals surface area contributed by atoms with Gasteiger partial charge in [-0.2, -0.15) is 0 Å². The molecule has 5 heteroatoms. The number of aliphatic hydroxyl groups excluding tert-OH is 1. The van der Waals surface area contributed by atoms with Gasteiger partial charge in [-0.15, -0.1) is 11.3 Å². The summed E-state index contributed by atoms with van der Waals surface area (Å²) in [7, 11) is 0. The second-order valence-electron chi connectivity index (χ2n) is 7.59. The van der Waals surface area contributed by atoms with Crippen molar-refractivity contribution in [3.05, 3.63) is 69.8 Å². The second kappa shape index (κ2) is 6.38. The maximum atomic E-state index is 14.8. The Hall–Kier alpha value is -1.79. The molecule has 1 N–H and O–H groups in total. The fraction of sp³-hybridized carbons (Fsp3) is 0.364. The molecule has 3 heterocycles. The van der Waals surface area contributed by atoms with Crippen molar-refractivity contribution in [2.45, 2.75) is 50.8 Å². The van der Waals surface area contributed by atoms with E-state index in [4.69, 9.17) is 9.47 Å². The Bertz CT molecular complexity index is 969. The van der Waals surface area contributed by atoms with Crippen molar-refractivity contribution in [1.29, 1.82) is 0 Å². The molecule has 1 spiro atoms. The highest BCUT2D eigenvalue weighted by molar-refractivity contribution is 7.19. The molecule has 2 aliphatic heterocycles. The van der Waals surface area contributed by atoms with E-state index in [9.17, 15) is 9.50 Å². The van der Waals surface area contributed by atoms with Gasteiger partial charge in [0.2, 0.25) is 0 Å². The van der Waals surface area contributed by atoms with Crippen molar-refractivity contribution in [2.75, 3.05) is 0 Å². The fourth-order valence-corrected chi connectivity index (χ4v) is 5.40. The molecule has 3 atom stereocenters. The number of hydrogen-bond acceptors (Lipinski definition) is 4. The maximum Gasteiger partial charge on any atom is 0.198 e. The van der Waals surface area contributed by atoms with Gasteiger partial charge in [-0.05, 0) is 54.1 Å². The van der Waals surface area contributed by atoms with Gasteiger partial charge in [0, 0.05) is 28.0 Å². The first-order valence-electron chi connectivity index (χ1n) is 9.31. The molecule has 0 bridgehead atoms. The van der Waals surface area contributed by atoms with Gasteiger partial charge in [0.1, 0.15) is 5.82 Å². The molecule has 1 fully saturated rings. The zero-order valence-electron chi connectivity index (χ0n) is 15.1. The first-order chi connectivity index (χ1) is 13.0. The average Bonchev–Trinajstić information content (AvgIpc) is 3.16. The number of benzene rings is 2. The van der Waals surface area contributed by atoms with Gasteiger partial charge in [0.05, 0.1) is 18.8 Å². The zero-order chi connectivity index (χ0) is 18.6. The van der Waals surface area contributed by atoms with Crippen LogP contribution in [0.4, 0.5) is 4.39 Å². The van der Waals surface area contributed by atoms with Crippen LogP contribution in [0.1, 0.15) is 41.3 Å². The molecule has 27 heavy (non-hydrogen) atoms. The van der Waals surface area contributed by atoms with Gasteiger partial charge < -0.3 is 14.6 Å². The van der Waals surface area contributed by atoms with E-state index >= 15 is 0 Å². The van der Waals surface area contributed by atoms with Crippen molar-refractivity contribution >= 4 is 21.4 Å². The smallest absolute Gasteiger partial charge is 0.198 e. The lowest BCUT2D eigenvalue weighted by Gasteiger charge is -2.39. The molecule has 0 amide bonds. The Labute approximate surface area is 161 Å². The molecule has 3 nitrogen and oxygen atoms in total. The number of halogens is 1. The fourth-order valence-electron chi connectivity index (χ4n) is 4.32. The van der Waals surface area contributed by atoms with Crippen LogP contribution in [-0.2, 0) is 28.3 Å². The highest BCUT2D eigenvalue weighted by atomic mass is 32.1. The average molecular weight is 384 g/mol. The van der Waals surface area contributed by atoms with E-state index in [-0.39, 0.29) is 11.9 Å². The van der Waals surface area contributed by atoms with Gasteiger partial charge in [-0.1, -0.05) is 18.2 Å². The summed E-state index contributed by atoms with van der Waals surface area (Å²) in [6.45, 7) is 2.25. The van der Waals surface area contributed by atoms with Crippen LogP contribution in [0.25, 0.3) is 10.1 Å². The third-order valence-electron chi connectivity index (χ3n) is 5.48. The molecule has 2 unspecified atom stereocenters. The molecule has 0 aliphatic carbocycles. The van der Waals surface area contributed by atoms with Crippen molar-refractivity contribution in [3.8, 4) is 0 Å². The van der Waals surface area contributed by atoms with Crippen LogP contribution in [0.5, 0.6) is 0 Å². The Balaban J connectivity index is 1.52. The molecule has 2 aromatic carbocycles. The van der Waals surface area contributed by atoms with Gasteiger partial charge in [-0.25, -0.2) is 4.39 Å². The van der Waals surface area contributed by atoms with Crippen LogP contribution < -0.4 is 0 Å². The summed E-state index contributed by atoms with van der Waals surface area (Å²) in [6, 6.07) is 13.8. The van der Waals surface area contributed by atoms with Crippen molar-refractivity contribution in [2.24, 2.45) is 0 Å². The number of hydrogen-bond donors (Lipinski definition) is 1. The maximum absolute atomic E-state index is 14.8. The van der Waals surface area contributed by atoms with Gasteiger partial charge in [-0.3, -0.25) is 0 Å². The van der Waals surface area contributed by atoms with E-state index in [0.29, 0.717) is 31.4 Å². The minimum atomic E-state index is -0.949. The molecule has 5 rings (SSSR count). The molecule has 1 saturated heterocycles. The van der Waals surface area contributed by atoms with Crippen LogP contribution in [-0.4, -0.2) is 17.3 Å². The largest absolute Gasteiger partial charge is 0.393 e. The van der Waals surface area contributed by atoms with E-state index in [1.165, 1.54) is 10.1 Å². The van der Waals surface area contributed by atoms with Gasteiger partial charge in [0.15, 0.2) is 5.79 Å². The van der Waals surface area contributed by atoms with Crippen LogP contribution in [0.3, 0.4) is 0 Å². The minimum Gasteiger partial charge on any atom is -0.393 e. The number of aliphatic hydroxyl groups is 1. The molecular formula is C22H21FO3S. The molecule has 140 valence electrons. The third kappa shape index (κ3) is 2.99. The number of ether oxygens (including phenoxy) is 2.